The number of phenolic OH excluding ortho intramolecular Hbond substituents is 1. The summed E-state index contributed by atoms with van der Waals surface area (Å²) < 4.78 is -1.30. The third-order valence-corrected chi connectivity index (χ3v) is 16.8. The molecular formula is C57H72N10O10S2. The molecule has 422 valence electrons. The highest BCUT2D eigenvalue weighted by Gasteiger charge is 2.42. The van der Waals surface area contributed by atoms with Crippen molar-refractivity contribution in [1.29, 1.82) is 0 Å². The molecule has 1 aliphatic rings. The highest BCUT2D eigenvalue weighted by atomic mass is 33.1. The summed E-state index contributed by atoms with van der Waals surface area (Å²) in [5.41, 5.74) is 15.7. The maximum absolute atomic E-state index is 15.1. The van der Waals surface area contributed by atoms with Gasteiger partial charge in [-0.1, -0.05) is 126 Å². The highest BCUT2D eigenvalue weighted by Crippen LogP contribution is 2.39. The molecule has 0 bridgehead atoms. The molecule has 8 atom stereocenters. The number of benzene rings is 4. The zero-order valence-corrected chi connectivity index (χ0v) is 46.3. The Balaban J connectivity index is 1.46. The molecule has 0 unspecified atom stereocenters. The quantitative estimate of drug-likeness (QED) is 0.0444. The van der Waals surface area contributed by atoms with Crippen molar-refractivity contribution in [2.75, 3.05) is 12.3 Å². The molecule has 4 aromatic carbocycles. The summed E-state index contributed by atoms with van der Waals surface area (Å²) in [4.78, 5) is 119. The van der Waals surface area contributed by atoms with E-state index >= 15 is 9.59 Å². The van der Waals surface area contributed by atoms with E-state index in [1.54, 1.807) is 88.5 Å². The van der Waals surface area contributed by atoms with E-state index in [1.165, 1.54) is 12.1 Å². The molecule has 79 heavy (non-hydrogen) atoms. The number of carbonyl (C=O) groups excluding carboxylic acids is 7. The van der Waals surface area contributed by atoms with E-state index in [0.717, 1.165) is 38.1 Å². The van der Waals surface area contributed by atoms with Crippen LogP contribution >= 0.6 is 21.6 Å². The average molecular weight is 1120 g/mol. The molecule has 0 spiro atoms. The summed E-state index contributed by atoms with van der Waals surface area (Å²) in [6.45, 7) is 6.81. The van der Waals surface area contributed by atoms with Gasteiger partial charge in [0, 0.05) is 46.9 Å². The van der Waals surface area contributed by atoms with E-state index in [4.69, 9.17) is 11.5 Å². The van der Waals surface area contributed by atoms with Crippen molar-refractivity contribution in [2.45, 2.75) is 126 Å². The lowest BCUT2D eigenvalue weighted by Crippen LogP contribution is -2.63. The van der Waals surface area contributed by atoms with Crippen LogP contribution in [0.3, 0.4) is 0 Å². The molecule has 0 aliphatic carbocycles. The summed E-state index contributed by atoms with van der Waals surface area (Å²) in [5, 5.41) is 40.5. The summed E-state index contributed by atoms with van der Waals surface area (Å²) in [5.74, 6) is -7.69. The number of para-hydroxylation sites is 1. The number of carboxylic acid groups (broad SMARTS) is 1. The van der Waals surface area contributed by atoms with Crippen LogP contribution in [0.2, 0.25) is 0 Å². The Bertz CT molecular complexity index is 2890. The number of amides is 7. The van der Waals surface area contributed by atoms with Crippen LogP contribution in [-0.2, 0) is 64.0 Å². The number of fused-ring (bicyclic) bond motifs is 1. The van der Waals surface area contributed by atoms with Crippen LogP contribution in [0.4, 0.5) is 0 Å². The van der Waals surface area contributed by atoms with Gasteiger partial charge in [-0.3, -0.25) is 33.6 Å². The molecule has 1 saturated heterocycles. The van der Waals surface area contributed by atoms with Gasteiger partial charge < -0.3 is 63.9 Å². The second-order valence-electron chi connectivity index (χ2n) is 20.5. The number of H-pyrrole nitrogens is 1. The lowest BCUT2D eigenvalue weighted by molar-refractivity contribution is -0.143. The molecule has 1 aliphatic heterocycles. The Morgan fingerprint density at radius 2 is 1.22 bits per heavy atom. The largest absolute Gasteiger partial charge is 0.508 e. The summed E-state index contributed by atoms with van der Waals surface area (Å²) in [7, 11) is 2.11. The van der Waals surface area contributed by atoms with Crippen molar-refractivity contribution >= 4 is 79.8 Å². The van der Waals surface area contributed by atoms with E-state index in [-0.39, 0.29) is 50.2 Å². The van der Waals surface area contributed by atoms with E-state index in [2.05, 4.69) is 42.2 Å². The number of carboxylic acids is 1. The van der Waals surface area contributed by atoms with Crippen LogP contribution in [0.15, 0.2) is 115 Å². The third-order valence-electron chi connectivity index (χ3n) is 13.5. The van der Waals surface area contributed by atoms with Gasteiger partial charge in [0.1, 0.15) is 48.0 Å². The van der Waals surface area contributed by atoms with Gasteiger partial charge in [0.2, 0.25) is 41.4 Å². The van der Waals surface area contributed by atoms with Crippen LogP contribution in [0.25, 0.3) is 10.9 Å². The minimum atomic E-state index is -1.46. The standard InChI is InChI=1S/C57H72N10O10S2/c1-33(2)47(56(76)77)66-54(74)46-32-78-79-57(3,4)48(67-49(69)40(59)27-34-15-7-5-8-16-34)55(75)64-44(28-35-17-9-6-10-18-35)51(71)63-45(30-37-31-60-41-20-12-11-19-39(37)41)53(73)61-42(21-13-14-26-58)50(70)62-43(52(72)65-46)29-36-22-24-38(68)25-23-36/h5-12,15-20,22-25,31,33,40,42-48,60,68H,13-14,21,26-30,32,58-59H2,1-4H3,(H,61,73)(H,62,70)(H,63,71)(H,64,75)(H,65,72)(H,66,74)(H,67,69)(H,76,77)/t40-,42-,43-,44-,45-,46-,47-,48-/m0/s1. The summed E-state index contributed by atoms with van der Waals surface area (Å²) >= 11 is 0. The number of unbranched alkanes of at least 4 members (excludes halogenated alkanes) is 1. The molecule has 1 aromatic heterocycles. The van der Waals surface area contributed by atoms with Gasteiger partial charge in [0.05, 0.1) is 6.04 Å². The van der Waals surface area contributed by atoms with Crippen LogP contribution in [0, 0.1) is 5.92 Å². The first-order chi connectivity index (χ1) is 37.7. The van der Waals surface area contributed by atoms with Crippen LogP contribution in [0.1, 0.15) is 69.2 Å². The number of carbonyl (C=O) groups is 8. The van der Waals surface area contributed by atoms with Gasteiger partial charge in [-0.25, -0.2) is 4.79 Å². The van der Waals surface area contributed by atoms with Crippen LogP contribution in [0.5, 0.6) is 5.75 Å². The topological polar surface area (TPSA) is 329 Å². The molecule has 2 heterocycles. The lowest BCUT2D eigenvalue weighted by atomic mass is 9.98. The second kappa shape index (κ2) is 29.0. The third kappa shape index (κ3) is 17.8. The van der Waals surface area contributed by atoms with Crippen molar-refractivity contribution in [2.24, 2.45) is 17.4 Å². The number of phenols is 1. The number of aromatic hydroxyl groups is 1. The molecule has 22 heteroatoms. The fraction of sp³-hybridized carbons (Fsp3) is 0.404. The number of rotatable bonds is 18. The fourth-order valence-electron chi connectivity index (χ4n) is 8.99. The number of hydrogen-bond donors (Lipinski definition) is 12. The molecule has 1 fully saturated rings. The normalized spacial score (nSPS) is 21.5. The number of aromatic amines is 1. The lowest BCUT2D eigenvalue weighted by Gasteiger charge is -2.35. The van der Waals surface area contributed by atoms with Crippen LogP contribution in [-0.4, -0.2) is 128 Å². The molecule has 6 rings (SSSR count). The second-order valence-corrected chi connectivity index (χ2v) is 23.5. The highest BCUT2D eigenvalue weighted by molar-refractivity contribution is 8.77. The first kappa shape index (κ1) is 60.8. The van der Waals surface area contributed by atoms with E-state index in [1.807, 2.05) is 42.5 Å². The number of hydrogen-bond acceptors (Lipinski definition) is 13. The average Bonchev–Trinajstić information content (AvgIpc) is 3.85. The van der Waals surface area contributed by atoms with Gasteiger partial charge in [0.15, 0.2) is 0 Å². The number of aromatic nitrogens is 1. The Morgan fingerprint density at radius 3 is 1.82 bits per heavy atom. The van der Waals surface area contributed by atoms with Crippen molar-refractivity contribution < 1.29 is 48.6 Å². The molecule has 5 aromatic rings. The number of nitrogens with one attached hydrogen (secondary N) is 8. The zero-order chi connectivity index (χ0) is 57.2. The predicted molar refractivity (Wildman–Crippen MR) is 305 cm³/mol. The van der Waals surface area contributed by atoms with E-state index in [9.17, 15) is 39.0 Å². The number of aliphatic carboxylic acids is 1. The fourth-order valence-corrected chi connectivity index (χ4v) is 11.8. The molecule has 14 N–H and O–H groups in total. The Morgan fingerprint density at radius 1 is 0.684 bits per heavy atom. The van der Waals surface area contributed by atoms with Gasteiger partial charge in [-0.05, 0) is 92.4 Å². The first-order valence-corrected chi connectivity index (χ1v) is 28.6. The molecule has 0 saturated carbocycles. The van der Waals surface area contributed by atoms with Gasteiger partial charge >= 0.3 is 5.97 Å². The number of nitrogens with two attached hydrogens (primary N) is 2. The molecule has 7 amide bonds. The summed E-state index contributed by atoms with van der Waals surface area (Å²) in [6, 6.07) is 20.4. The Kier molecular flexibility index (Phi) is 22.3. The van der Waals surface area contributed by atoms with Crippen molar-refractivity contribution in [3.63, 3.8) is 0 Å². The molecule has 0 radical (unpaired) electrons. The van der Waals surface area contributed by atoms with Gasteiger partial charge in [-0.15, -0.1) is 0 Å². The SMILES string of the molecule is CC(C)[C@H](NC(=O)[C@@H]1CSSC(C)(C)[C@@H](NC(=O)[C@@H](N)Cc2ccccc2)C(=O)N[C@@H](Cc2ccccc2)C(=O)N[C@@H](Cc2c[nH]c3ccccc23)C(=O)N[C@@H](CCCCN)C(=O)N[C@@H](Cc2ccc(O)cc2)C(=O)N1)C(=O)O. The van der Waals surface area contributed by atoms with Crippen LogP contribution < -0.4 is 48.7 Å². The molecular weight excluding hydrogens is 1050 g/mol. The van der Waals surface area contributed by atoms with Crippen molar-refractivity contribution in [1.82, 2.24) is 42.2 Å². The summed E-state index contributed by atoms with van der Waals surface area (Å²) in [6.07, 6.45) is 2.39. The Hall–Kier alpha value is -7.40. The van der Waals surface area contributed by atoms with Crippen molar-refractivity contribution in [3.8, 4) is 5.75 Å². The van der Waals surface area contributed by atoms with Crippen molar-refractivity contribution in [3.05, 3.63) is 138 Å². The smallest absolute Gasteiger partial charge is 0.326 e. The van der Waals surface area contributed by atoms with Gasteiger partial charge in [0.25, 0.3) is 0 Å². The minimum Gasteiger partial charge on any atom is -0.508 e. The monoisotopic (exact) mass is 1120 g/mol. The van der Waals surface area contributed by atoms with E-state index < -0.39 is 106 Å². The minimum absolute atomic E-state index is 0.0470. The van der Waals surface area contributed by atoms with E-state index in [0.29, 0.717) is 29.5 Å². The maximum atomic E-state index is 15.1. The maximum Gasteiger partial charge on any atom is 0.326 e. The first-order valence-electron chi connectivity index (χ1n) is 26.2. The zero-order valence-electron chi connectivity index (χ0n) is 44.7. The predicted octanol–water partition coefficient (Wildman–Crippen LogP) is 2.91. The molecule has 20 nitrogen and oxygen atoms in total. The van der Waals surface area contributed by atoms with Gasteiger partial charge in [-0.2, -0.15) is 0 Å². The Labute approximate surface area is 467 Å².